The van der Waals surface area contributed by atoms with E-state index >= 15 is 0 Å². The van der Waals surface area contributed by atoms with Gasteiger partial charge in [0, 0.05) is 5.56 Å². The topological polar surface area (TPSA) is 17.1 Å². The molecule has 0 aliphatic rings. The van der Waals surface area contributed by atoms with E-state index in [1.54, 1.807) is 13.0 Å². The Labute approximate surface area is 97.7 Å². The maximum Gasteiger partial charge on any atom is 0.150 e. The van der Waals surface area contributed by atoms with Crippen LogP contribution in [0, 0.1) is 18.6 Å². The van der Waals surface area contributed by atoms with Crippen LogP contribution < -0.4 is 0 Å². The fourth-order valence-corrected chi connectivity index (χ4v) is 1.79. The van der Waals surface area contributed by atoms with Gasteiger partial charge in [-0.1, -0.05) is 6.07 Å². The van der Waals surface area contributed by atoms with Gasteiger partial charge in [-0.25, -0.2) is 8.78 Å². The first-order valence-electron chi connectivity index (χ1n) is 5.13. The number of rotatable bonds is 2. The summed E-state index contributed by atoms with van der Waals surface area (Å²) in [5, 5.41) is 0. The minimum atomic E-state index is -0.422. The fraction of sp³-hybridized carbons (Fsp3) is 0.0714. The van der Waals surface area contributed by atoms with E-state index in [9.17, 15) is 13.6 Å². The second kappa shape index (κ2) is 4.45. The van der Waals surface area contributed by atoms with Gasteiger partial charge in [-0.15, -0.1) is 0 Å². The van der Waals surface area contributed by atoms with Crippen molar-refractivity contribution in [3.63, 3.8) is 0 Å². The van der Waals surface area contributed by atoms with E-state index in [0.29, 0.717) is 28.5 Å². The molecule has 0 amide bonds. The van der Waals surface area contributed by atoms with Crippen LogP contribution in [0.15, 0.2) is 36.4 Å². The average molecular weight is 232 g/mol. The highest BCUT2D eigenvalue weighted by atomic mass is 19.1. The van der Waals surface area contributed by atoms with Crippen molar-refractivity contribution in [2.24, 2.45) is 0 Å². The summed E-state index contributed by atoms with van der Waals surface area (Å²) in [6.45, 7) is 1.72. The van der Waals surface area contributed by atoms with E-state index in [1.165, 1.54) is 30.3 Å². The van der Waals surface area contributed by atoms with Gasteiger partial charge in [0.05, 0.1) is 0 Å². The molecule has 0 saturated heterocycles. The number of carbonyl (C=O) groups excluding carboxylic acids is 1. The summed E-state index contributed by atoms with van der Waals surface area (Å²) >= 11 is 0. The zero-order valence-electron chi connectivity index (χ0n) is 9.21. The summed E-state index contributed by atoms with van der Waals surface area (Å²) in [6.07, 6.45) is 0.664. The maximum absolute atomic E-state index is 13.2. The van der Waals surface area contributed by atoms with Gasteiger partial charge in [-0.2, -0.15) is 0 Å². The molecule has 0 radical (unpaired) electrons. The lowest BCUT2D eigenvalue weighted by Gasteiger charge is -2.08. The van der Waals surface area contributed by atoms with E-state index < -0.39 is 5.82 Å². The summed E-state index contributed by atoms with van der Waals surface area (Å²) in [7, 11) is 0. The van der Waals surface area contributed by atoms with Gasteiger partial charge in [-0.05, 0) is 53.9 Å². The molecule has 0 aliphatic carbocycles. The number of halogens is 2. The molecule has 1 nitrogen and oxygen atoms in total. The Hall–Kier alpha value is -2.03. The molecule has 17 heavy (non-hydrogen) atoms. The molecule has 0 unspecified atom stereocenters. The molecule has 2 aromatic rings. The zero-order valence-corrected chi connectivity index (χ0v) is 9.21. The molecule has 0 heterocycles. The summed E-state index contributed by atoms with van der Waals surface area (Å²) in [6, 6.07) is 8.12. The van der Waals surface area contributed by atoms with Gasteiger partial charge < -0.3 is 0 Å². The van der Waals surface area contributed by atoms with Crippen LogP contribution in [0.5, 0.6) is 0 Å². The zero-order chi connectivity index (χ0) is 12.4. The summed E-state index contributed by atoms with van der Waals surface area (Å²) in [4.78, 5) is 10.9. The minimum absolute atomic E-state index is 0.352. The molecule has 0 aliphatic heterocycles. The number of aryl methyl sites for hydroxylation is 1. The predicted molar refractivity (Wildman–Crippen MR) is 61.9 cm³/mol. The van der Waals surface area contributed by atoms with Gasteiger partial charge >= 0.3 is 0 Å². The molecule has 0 bridgehead atoms. The molecule has 3 heteroatoms. The first kappa shape index (κ1) is 11.5. The Kier molecular flexibility index (Phi) is 3.00. The Morgan fingerprint density at radius 1 is 0.941 bits per heavy atom. The molecule has 0 aromatic heterocycles. The van der Waals surface area contributed by atoms with E-state index in [2.05, 4.69) is 0 Å². The Bertz CT molecular complexity index is 576. The molecule has 0 saturated carbocycles. The highest BCUT2D eigenvalue weighted by Gasteiger charge is 2.09. The average Bonchev–Trinajstić information content (AvgIpc) is 2.29. The number of hydrogen-bond donors (Lipinski definition) is 0. The van der Waals surface area contributed by atoms with Gasteiger partial charge in [0.15, 0.2) is 6.29 Å². The number of hydrogen-bond acceptors (Lipinski definition) is 1. The maximum atomic E-state index is 13.2. The molecule has 0 fully saturated rings. The third-order valence-electron chi connectivity index (χ3n) is 2.62. The first-order valence-corrected chi connectivity index (χ1v) is 5.13. The lowest BCUT2D eigenvalue weighted by Crippen LogP contribution is -1.92. The number of benzene rings is 2. The van der Waals surface area contributed by atoms with E-state index in [4.69, 9.17) is 0 Å². The van der Waals surface area contributed by atoms with Gasteiger partial charge in [0.2, 0.25) is 0 Å². The van der Waals surface area contributed by atoms with Crippen molar-refractivity contribution in [1.29, 1.82) is 0 Å². The van der Waals surface area contributed by atoms with Crippen LogP contribution in [0.4, 0.5) is 8.78 Å². The van der Waals surface area contributed by atoms with Crippen molar-refractivity contribution in [2.75, 3.05) is 0 Å². The van der Waals surface area contributed by atoms with Gasteiger partial charge in [0.25, 0.3) is 0 Å². The molecule has 2 rings (SSSR count). The van der Waals surface area contributed by atoms with Gasteiger partial charge in [-0.3, -0.25) is 4.79 Å². The Balaban J connectivity index is 2.66. The monoisotopic (exact) mass is 232 g/mol. The van der Waals surface area contributed by atoms with E-state index in [1.807, 2.05) is 0 Å². The molecular formula is C14H10F2O. The Morgan fingerprint density at radius 3 is 2.24 bits per heavy atom. The largest absolute Gasteiger partial charge is 0.298 e. The normalized spacial score (nSPS) is 10.3. The van der Waals surface area contributed by atoms with Crippen LogP contribution in [-0.4, -0.2) is 6.29 Å². The van der Waals surface area contributed by atoms with Crippen LogP contribution in [0.3, 0.4) is 0 Å². The molecule has 86 valence electrons. The van der Waals surface area contributed by atoms with Crippen LogP contribution in [0.2, 0.25) is 0 Å². The Morgan fingerprint density at radius 2 is 1.59 bits per heavy atom. The highest BCUT2D eigenvalue weighted by Crippen LogP contribution is 2.27. The summed E-state index contributed by atoms with van der Waals surface area (Å²) in [5.74, 6) is -0.773. The standard InChI is InChI=1S/C14H10F2O/c1-9-6-11(15)4-5-13(9)14-7-12(16)3-2-10(14)8-17/h2-8H,1H3. The predicted octanol–water partition coefficient (Wildman–Crippen LogP) is 3.75. The van der Waals surface area contributed by atoms with Crippen LogP contribution in [-0.2, 0) is 0 Å². The van der Waals surface area contributed by atoms with E-state index in [-0.39, 0.29) is 5.82 Å². The van der Waals surface area contributed by atoms with Crippen molar-refractivity contribution >= 4 is 6.29 Å². The highest BCUT2D eigenvalue weighted by molar-refractivity contribution is 5.88. The third kappa shape index (κ3) is 2.23. The van der Waals surface area contributed by atoms with Crippen LogP contribution in [0.25, 0.3) is 11.1 Å². The van der Waals surface area contributed by atoms with Crippen LogP contribution in [0.1, 0.15) is 15.9 Å². The quantitative estimate of drug-likeness (QED) is 0.720. The summed E-state index contributed by atoms with van der Waals surface area (Å²) < 4.78 is 26.2. The fourth-order valence-electron chi connectivity index (χ4n) is 1.79. The van der Waals surface area contributed by atoms with Gasteiger partial charge in [0.1, 0.15) is 11.6 Å². The van der Waals surface area contributed by atoms with Crippen LogP contribution >= 0.6 is 0 Å². The lowest BCUT2D eigenvalue weighted by molar-refractivity contribution is 0.112. The smallest absolute Gasteiger partial charge is 0.150 e. The van der Waals surface area contributed by atoms with Crippen molar-refractivity contribution in [1.82, 2.24) is 0 Å². The second-order valence-corrected chi connectivity index (χ2v) is 3.81. The molecule has 0 atom stereocenters. The first-order chi connectivity index (χ1) is 8.11. The van der Waals surface area contributed by atoms with E-state index in [0.717, 1.165) is 0 Å². The lowest BCUT2D eigenvalue weighted by atomic mass is 9.96. The summed E-state index contributed by atoms with van der Waals surface area (Å²) in [5.41, 5.74) is 2.20. The van der Waals surface area contributed by atoms with Crippen molar-refractivity contribution in [2.45, 2.75) is 6.92 Å². The van der Waals surface area contributed by atoms with Crippen molar-refractivity contribution in [3.8, 4) is 11.1 Å². The SMILES string of the molecule is Cc1cc(F)ccc1-c1cc(F)ccc1C=O. The molecule has 0 spiro atoms. The molecular weight excluding hydrogens is 222 g/mol. The molecule has 2 aromatic carbocycles. The minimum Gasteiger partial charge on any atom is -0.298 e. The molecule has 0 N–H and O–H groups in total. The number of carbonyl (C=O) groups is 1. The second-order valence-electron chi connectivity index (χ2n) is 3.81. The third-order valence-corrected chi connectivity index (χ3v) is 2.62. The van der Waals surface area contributed by atoms with Crippen molar-refractivity contribution < 1.29 is 13.6 Å². The number of aldehydes is 1. The van der Waals surface area contributed by atoms with Crippen molar-refractivity contribution in [3.05, 3.63) is 59.2 Å².